The Balaban J connectivity index is 1.76. The van der Waals surface area contributed by atoms with E-state index in [1.165, 1.54) is 0 Å². The number of pyridine rings is 1. The van der Waals surface area contributed by atoms with E-state index in [9.17, 15) is 4.79 Å². The molecule has 0 bridgehead atoms. The molecular formula is C20H24N8O3. The zero-order valence-electron chi connectivity index (χ0n) is 17.3. The number of amides is 1. The van der Waals surface area contributed by atoms with E-state index in [2.05, 4.69) is 30.9 Å². The van der Waals surface area contributed by atoms with Gasteiger partial charge in [0.1, 0.15) is 12.4 Å². The van der Waals surface area contributed by atoms with Crippen LogP contribution in [0.15, 0.2) is 52.8 Å². The number of aromatic nitrogens is 3. The summed E-state index contributed by atoms with van der Waals surface area (Å²) in [5.41, 5.74) is 9.08. The molecule has 31 heavy (non-hydrogen) atoms. The fourth-order valence-electron chi connectivity index (χ4n) is 2.78. The first-order valence-corrected chi connectivity index (χ1v) is 9.78. The summed E-state index contributed by atoms with van der Waals surface area (Å²) >= 11 is 0. The summed E-state index contributed by atoms with van der Waals surface area (Å²) in [5.74, 6) is 0.651. The van der Waals surface area contributed by atoms with Gasteiger partial charge in [-0.2, -0.15) is 10.5 Å². The lowest BCUT2D eigenvalue weighted by Crippen LogP contribution is -2.27. The molecule has 0 aliphatic rings. The summed E-state index contributed by atoms with van der Waals surface area (Å²) in [6, 6.07) is 12.9. The predicted molar refractivity (Wildman–Crippen MR) is 115 cm³/mol. The van der Waals surface area contributed by atoms with E-state index in [-0.39, 0.29) is 18.6 Å². The van der Waals surface area contributed by atoms with E-state index in [1.54, 1.807) is 29.8 Å². The highest BCUT2D eigenvalue weighted by molar-refractivity contribution is 5.93. The topological polar surface area (TPSA) is 139 Å². The normalized spacial score (nSPS) is 11.2. The zero-order valence-corrected chi connectivity index (χ0v) is 17.3. The van der Waals surface area contributed by atoms with E-state index in [1.807, 2.05) is 31.2 Å². The number of benzene rings is 1. The molecule has 11 nitrogen and oxygen atoms in total. The Morgan fingerprint density at radius 3 is 2.81 bits per heavy atom. The van der Waals surface area contributed by atoms with E-state index >= 15 is 0 Å². The van der Waals surface area contributed by atoms with Gasteiger partial charge in [-0.05, 0) is 35.9 Å². The molecule has 1 aromatic carbocycles. The second-order valence-electron chi connectivity index (χ2n) is 6.41. The maximum absolute atomic E-state index is 11.8. The van der Waals surface area contributed by atoms with Crippen LogP contribution >= 0.6 is 0 Å². The first-order valence-electron chi connectivity index (χ1n) is 9.78. The summed E-state index contributed by atoms with van der Waals surface area (Å²) in [6.07, 6.45) is 1.20. The van der Waals surface area contributed by atoms with E-state index in [0.29, 0.717) is 23.6 Å². The van der Waals surface area contributed by atoms with Crippen LogP contribution in [0, 0.1) is 5.53 Å². The zero-order chi connectivity index (χ0) is 22.1. The lowest BCUT2D eigenvalue weighted by Gasteiger charge is -2.11. The third kappa shape index (κ3) is 5.53. The number of hydrogen-bond donors (Lipinski definition) is 3. The van der Waals surface area contributed by atoms with Crippen molar-refractivity contribution in [1.82, 2.24) is 19.9 Å². The van der Waals surface area contributed by atoms with Gasteiger partial charge in [-0.15, -0.1) is 0 Å². The van der Waals surface area contributed by atoms with Gasteiger partial charge in [-0.3, -0.25) is 5.32 Å². The van der Waals surface area contributed by atoms with Crippen molar-refractivity contribution in [2.24, 2.45) is 10.3 Å². The third-order valence-corrected chi connectivity index (χ3v) is 4.23. The predicted octanol–water partition coefficient (Wildman–Crippen LogP) is 3.73. The van der Waals surface area contributed by atoms with Crippen LogP contribution in [0.5, 0.6) is 6.01 Å². The molecule has 3 aromatic rings. The van der Waals surface area contributed by atoms with Gasteiger partial charge in [0, 0.05) is 7.05 Å². The average Bonchev–Trinajstić information content (AvgIpc) is 3.15. The Bertz CT molecular complexity index is 1080. The highest BCUT2D eigenvalue weighted by atomic mass is 16.5. The molecule has 3 rings (SSSR count). The molecule has 0 radical (unpaired) electrons. The Morgan fingerprint density at radius 1 is 1.19 bits per heavy atom. The maximum Gasteiger partial charge on any atom is 0.412 e. The number of carbonyl (C=O) groups excluding carboxylic acids is 1. The Labute approximate surface area is 179 Å². The van der Waals surface area contributed by atoms with Crippen LogP contribution in [0.4, 0.5) is 10.6 Å². The van der Waals surface area contributed by atoms with Crippen molar-refractivity contribution in [1.29, 1.82) is 5.53 Å². The Morgan fingerprint density at radius 2 is 2.03 bits per heavy atom. The number of nitrogens with one attached hydrogen (secondary N) is 3. The second kappa shape index (κ2) is 10.7. The van der Waals surface area contributed by atoms with Gasteiger partial charge >= 0.3 is 12.1 Å². The van der Waals surface area contributed by atoms with Crippen LogP contribution in [0.2, 0.25) is 0 Å². The number of hydrogen-bond acceptors (Lipinski definition) is 7. The Hall–Kier alpha value is -4.02. The van der Waals surface area contributed by atoms with Crippen molar-refractivity contribution in [3.8, 4) is 6.01 Å². The number of anilines is 1. The van der Waals surface area contributed by atoms with Crippen molar-refractivity contribution in [3.63, 3.8) is 0 Å². The molecule has 3 N–H and O–H groups in total. The summed E-state index contributed by atoms with van der Waals surface area (Å²) < 4.78 is 12.6. The highest BCUT2D eigenvalue weighted by Gasteiger charge is 2.16. The number of carbonyl (C=O) groups is 1. The minimum atomic E-state index is -0.546. The van der Waals surface area contributed by atoms with Crippen LogP contribution in [0.3, 0.4) is 0 Å². The standard InChI is InChI=1S/C20H24N8O3/c1-3-4-12-30-20(29)25-17-11-7-8-14(23-17)13-31-19-24-15-9-5-6-10-16(15)28(19)18(22-2)26-27-21/h5-11H,3-4,12-13H2,1-2H3,(H2,21,22,26)(H,23,25,29). The van der Waals surface area contributed by atoms with Gasteiger partial charge in [0.05, 0.1) is 23.3 Å². The number of imidazole rings is 1. The quantitative estimate of drug-likeness (QED) is 0.166. The molecule has 0 aliphatic carbocycles. The van der Waals surface area contributed by atoms with Crippen LogP contribution in [0.25, 0.3) is 11.0 Å². The molecule has 0 unspecified atom stereocenters. The first-order chi connectivity index (χ1) is 15.2. The molecule has 0 spiro atoms. The van der Waals surface area contributed by atoms with Crippen molar-refractivity contribution in [2.45, 2.75) is 26.4 Å². The number of ether oxygens (including phenoxy) is 2. The van der Waals surface area contributed by atoms with Gasteiger partial charge in [-0.25, -0.2) is 14.3 Å². The van der Waals surface area contributed by atoms with Gasteiger partial charge < -0.3 is 14.8 Å². The number of rotatable bonds is 8. The summed E-state index contributed by atoms with van der Waals surface area (Å²) in [4.78, 5) is 20.7. The second-order valence-corrected chi connectivity index (χ2v) is 6.41. The summed E-state index contributed by atoms with van der Waals surface area (Å²) in [6.45, 7) is 2.48. The molecule has 11 heteroatoms. The molecule has 0 aliphatic heterocycles. The van der Waals surface area contributed by atoms with Crippen molar-refractivity contribution in [2.75, 3.05) is 19.0 Å². The minimum Gasteiger partial charge on any atom is -0.458 e. The van der Waals surface area contributed by atoms with Crippen molar-refractivity contribution < 1.29 is 14.3 Å². The van der Waals surface area contributed by atoms with Crippen LogP contribution in [-0.4, -0.2) is 40.2 Å². The molecule has 2 heterocycles. The molecule has 0 fully saturated rings. The molecular weight excluding hydrogens is 400 g/mol. The van der Waals surface area contributed by atoms with Crippen molar-refractivity contribution >= 4 is 28.9 Å². The van der Waals surface area contributed by atoms with Crippen molar-refractivity contribution in [3.05, 3.63) is 48.2 Å². The average molecular weight is 424 g/mol. The van der Waals surface area contributed by atoms with E-state index in [4.69, 9.17) is 15.0 Å². The lowest BCUT2D eigenvalue weighted by molar-refractivity contribution is 0.159. The van der Waals surface area contributed by atoms with E-state index < -0.39 is 6.09 Å². The first kappa shape index (κ1) is 21.7. The highest BCUT2D eigenvalue weighted by Crippen LogP contribution is 2.22. The number of nitrogens with zero attached hydrogens (tertiary/aromatic N) is 5. The number of fused-ring (bicyclic) bond motifs is 1. The smallest absolute Gasteiger partial charge is 0.412 e. The molecule has 0 saturated carbocycles. The van der Waals surface area contributed by atoms with Gasteiger partial charge in [0.25, 0.3) is 0 Å². The van der Waals surface area contributed by atoms with Crippen LogP contribution in [-0.2, 0) is 11.3 Å². The molecule has 0 saturated heterocycles. The van der Waals surface area contributed by atoms with Gasteiger partial charge in [-0.1, -0.05) is 36.6 Å². The molecule has 0 atom stereocenters. The molecule has 162 valence electrons. The molecule has 1 amide bonds. The summed E-state index contributed by atoms with van der Waals surface area (Å²) in [7, 11) is 1.67. The largest absolute Gasteiger partial charge is 0.458 e. The lowest BCUT2D eigenvalue weighted by atomic mass is 10.3. The number of para-hydroxylation sites is 2. The van der Waals surface area contributed by atoms with Crippen LogP contribution in [0.1, 0.15) is 25.5 Å². The summed E-state index contributed by atoms with van der Waals surface area (Å²) in [5, 5.41) is 12.4. The minimum absolute atomic E-state index is 0.0960. The SMILES string of the molecule is CCCCOC(=O)Nc1cccc(COc2nc3ccccc3n2/C(=N/N=N)NC)n1. The molecule has 2 aromatic heterocycles. The monoisotopic (exact) mass is 424 g/mol. The maximum atomic E-state index is 11.8. The number of unbranched alkanes of at least 4 members (excludes halogenated alkanes) is 1. The van der Waals surface area contributed by atoms with Gasteiger partial charge in [0.2, 0.25) is 5.96 Å². The fourth-order valence-corrected chi connectivity index (χ4v) is 2.78. The van der Waals surface area contributed by atoms with Gasteiger partial charge in [0.15, 0.2) is 0 Å². The third-order valence-electron chi connectivity index (χ3n) is 4.23. The Kier molecular flexibility index (Phi) is 7.46. The van der Waals surface area contributed by atoms with E-state index in [0.717, 1.165) is 18.4 Å². The van der Waals surface area contributed by atoms with Crippen LogP contribution < -0.4 is 15.4 Å². The fraction of sp³-hybridized carbons (Fsp3) is 0.300.